The molecule has 1 aromatic heterocycles. The molecule has 0 aliphatic carbocycles. The van der Waals surface area contributed by atoms with E-state index < -0.39 is 0 Å². The number of nitrogens with zero attached hydrogens (tertiary/aromatic N) is 3. The predicted molar refractivity (Wildman–Crippen MR) is 83.2 cm³/mol. The van der Waals surface area contributed by atoms with E-state index in [-0.39, 0.29) is 5.54 Å². The van der Waals surface area contributed by atoms with Gasteiger partial charge in [-0.05, 0) is 32.9 Å². The molecule has 0 aliphatic heterocycles. The normalized spacial score (nSPS) is 11.6. The highest BCUT2D eigenvalue weighted by atomic mass is 16.5. The molecule has 0 amide bonds. The van der Waals surface area contributed by atoms with E-state index in [1.807, 2.05) is 41.2 Å². The Kier molecular flexibility index (Phi) is 5.33. The third kappa shape index (κ3) is 5.95. The summed E-state index contributed by atoms with van der Waals surface area (Å²) in [5, 5.41) is 11.7. The van der Waals surface area contributed by atoms with Crippen LogP contribution in [0.5, 0.6) is 5.75 Å². The second-order valence-corrected chi connectivity index (χ2v) is 6.09. The molecule has 2 rings (SSSR count). The van der Waals surface area contributed by atoms with Gasteiger partial charge in [-0.2, -0.15) is 0 Å². The first-order chi connectivity index (χ1) is 10.0. The van der Waals surface area contributed by atoms with Gasteiger partial charge in [-0.25, -0.2) is 0 Å². The molecule has 0 aliphatic rings. The van der Waals surface area contributed by atoms with Gasteiger partial charge in [0.25, 0.3) is 0 Å². The molecule has 0 radical (unpaired) electrons. The Morgan fingerprint density at radius 3 is 2.67 bits per heavy atom. The first kappa shape index (κ1) is 15.5. The maximum absolute atomic E-state index is 5.65. The smallest absolute Gasteiger partial charge is 0.119 e. The minimum absolute atomic E-state index is 0.0906. The van der Waals surface area contributed by atoms with Crippen molar-refractivity contribution in [1.82, 2.24) is 20.3 Å². The molecule has 0 saturated carbocycles. The van der Waals surface area contributed by atoms with Crippen molar-refractivity contribution in [3.05, 3.63) is 42.2 Å². The molecule has 1 N–H and O–H groups in total. The SMILES string of the molecule is CC(C)(C)NCc1cn(CCCOc2ccccc2)nn1. The van der Waals surface area contributed by atoms with E-state index in [9.17, 15) is 0 Å². The van der Waals surface area contributed by atoms with Crippen molar-refractivity contribution in [3.63, 3.8) is 0 Å². The molecular weight excluding hydrogens is 264 g/mol. The predicted octanol–water partition coefficient (Wildman–Crippen LogP) is 2.64. The number of nitrogens with one attached hydrogen (secondary N) is 1. The molecule has 0 atom stereocenters. The molecule has 5 nitrogen and oxygen atoms in total. The number of rotatable bonds is 7. The highest BCUT2D eigenvalue weighted by molar-refractivity contribution is 5.20. The van der Waals surface area contributed by atoms with Gasteiger partial charge >= 0.3 is 0 Å². The van der Waals surface area contributed by atoms with E-state index in [1.165, 1.54) is 0 Å². The summed E-state index contributed by atoms with van der Waals surface area (Å²) in [5.74, 6) is 0.908. The van der Waals surface area contributed by atoms with Gasteiger partial charge in [-0.15, -0.1) is 5.10 Å². The zero-order valence-corrected chi connectivity index (χ0v) is 13.0. The molecule has 114 valence electrons. The van der Waals surface area contributed by atoms with E-state index in [0.717, 1.165) is 31.0 Å². The van der Waals surface area contributed by atoms with E-state index in [2.05, 4.69) is 36.4 Å². The Morgan fingerprint density at radius 1 is 1.19 bits per heavy atom. The van der Waals surface area contributed by atoms with Crippen molar-refractivity contribution in [2.24, 2.45) is 0 Å². The fourth-order valence-electron chi connectivity index (χ4n) is 1.82. The first-order valence-corrected chi connectivity index (χ1v) is 7.35. The molecule has 0 bridgehead atoms. The lowest BCUT2D eigenvalue weighted by molar-refractivity contribution is 0.298. The monoisotopic (exact) mass is 288 g/mol. The number of aryl methyl sites for hydroxylation is 1. The molecule has 1 aromatic carbocycles. The van der Waals surface area contributed by atoms with Crippen molar-refractivity contribution >= 4 is 0 Å². The number of hydrogen-bond acceptors (Lipinski definition) is 4. The van der Waals surface area contributed by atoms with Crippen LogP contribution < -0.4 is 10.1 Å². The summed E-state index contributed by atoms with van der Waals surface area (Å²) in [7, 11) is 0. The van der Waals surface area contributed by atoms with E-state index in [1.54, 1.807) is 0 Å². The molecule has 21 heavy (non-hydrogen) atoms. The minimum Gasteiger partial charge on any atom is -0.494 e. The maximum Gasteiger partial charge on any atom is 0.119 e. The molecule has 0 saturated heterocycles. The standard InChI is InChI=1S/C16H24N4O/c1-16(2,3)17-12-14-13-20(19-18-14)10-7-11-21-15-8-5-4-6-9-15/h4-6,8-9,13,17H,7,10-12H2,1-3H3. The van der Waals surface area contributed by atoms with E-state index in [0.29, 0.717) is 6.61 Å². The van der Waals surface area contributed by atoms with Gasteiger partial charge in [-0.3, -0.25) is 4.68 Å². The average Bonchev–Trinajstić information content (AvgIpc) is 2.90. The minimum atomic E-state index is 0.0906. The van der Waals surface area contributed by atoms with Crippen LogP contribution in [0.25, 0.3) is 0 Å². The lowest BCUT2D eigenvalue weighted by Gasteiger charge is -2.19. The van der Waals surface area contributed by atoms with Crippen molar-refractivity contribution in [2.45, 2.75) is 45.8 Å². The lowest BCUT2D eigenvalue weighted by Crippen LogP contribution is -2.35. The third-order valence-corrected chi connectivity index (χ3v) is 2.93. The van der Waals surface area contributed by atoms with Gasteiger partial charge in [0.15, 0.2) is 0 Å². The van der Waals surface area contributed by atoms with E-state index >= 15 is 0 Å². The fourth-order valence-corrected chi connectivity index (χ4v) is 1.82. The zero-order chi connectivity index (χ0) is 15.1. The topological polar surface area (TPSA) is 52.0 Å². The Hall–Kier alpha value is -1.88. The zero-order valence-electron chi connectivity index (χ0n) is 13.0. The molecule has 5 heteroatoms. The summed E-state index contributed by atoms with van der Waals surface area (Å²) in [6, 6.07) is 9.86. The van der Waals surface area contributed by atoms with Crippen molar-refractivity contribution in [1.29, 1.82) is 0 Å². The Morgan fingerprint density at radius 2 is 1.95 bits per heavy atom. The first-order valence-electron chi connectivity index (χ1n) is 7.35. The van der Waals surface area contributed by atoms with Crippen LogP contribution in [0, 0.1) is 0 Å². The van der Waals surface area contributed by atoms with Gasteiger partial charge in [0.1, 0.15) is 5.75 Å². The summed E-state index contributed by atoms with van der Waals surface area (Å²) >= 11 is 0. The number of aromatic nitrogens is 3. The van der Waals surface area contributed by atoms with Gasteiger partial charge in [0, 0.05) is 31.2 Å². The molecule has 0 spiro atoms. The summed E-state index contributed by atoms with van der Waals surface area (Å²) < 4.78 is 7.52. The lowest BCUT2D eigenvalue weighted by atomic mass is 10.1. The number of benzene rings is 1. The number of ether oxygens (including phenoxy) is 1. The van der Waals surface area contributed by atoms with Crippen LogP contribution in [0.3, 0.4) is 0 Å². The van der Waals surface area contributed by atoms with Crippen LogP contribution in [0.2, 0.25) is 0 Å². The second kappa shape index (κ2) is 7.22. The molecule has 2 aromatic rings. The van der Waals surface area contributed by atoms with Gasteiger partial charge in [0.2, 0.25) is 0 Å². The van der Waals surface area contributed by atoms with Gasteiger partial charge in [-0.1, -0.05) is 23.4 Å². The summed E-state index contributed by atoms with van der Waals surface area (Å²) in [6.07, 6.45) is 2.89. The summed E-state index contributed by atoms with van der Waals surface area (Å²) in [6.45, 7) is 8.65. The average molecular weight is 288 g/mol. The van der Waals surface area contributed by atoms with Crippen molar-refractivity contribution in [3.8, 4) is 5.75 Å². The third-order valence-electron chi connectivity index (χ3n) is 2.93. The maximum atomic E-state index is 5.65. The highest BCUT2D eigenvalue weighted by Gasteiger charge is 2.09. The van der Waals surface area contributed by atoms with Crippen molar-refractivity contribution < 1.29 is 4.74 Å². The summed E-state index contributed by atoms with van der Waals surface area (Å²) in [4.78, 5) is 0. The molecule has 0 fully saturated rings. The van der Waals surface area contributed by atoms with Crippen LogP contribution in [-0.4, -0.2) is 27.1 Å². The largest absolute Gasteiger partial charge is 0.494 e. The quantitative estimate of drug-likeness (QED) is 0.796. The Labute approximate surface area is 126 Å². The number of para-hydroxylation sites is 1. The second-order valence-electron chi connectivity index (χ2n) is 6.09. The molecular formula is C16H24N4O. The van der Waals surface area contributed by atoms with Crippen LogP contribution in [0.15, 0.2) is 36.5 Å². The number of hydrogen-bond donors (Lipinski definition) is 1. The molecule has 1 heterocycles. The highest BCUT2D eigenvalue weighted by Crippen LogP contribution is 2.08. The van der Waals surface area contributed by atoms with Crippen LogP contribution in [-0.2, 0) is 13.1 Å². The van der Waals surface area contributed by atoms with E-state index in [4.69, 9.17) is 4.74 Å². The van der Waals surface area contributed by atoms with Gasteiger partial charge < -0.3 is 10.1 Å². The Bertz CT molecular complexity index is 531. The Balaban J connectivity index is 1.68. The van der Waals surface area contributed by atoms with Crippen LogP contribution in [0.1, 0.15) is 32.9 Å². The van der Waals surface area contributed by atoms with Crippen molar-refractivity contribution in [2.75, 3.05) is 6.61 Å². The van der Waals surface area contributed by atoms with Gasteiger partial charge in [0.05, 0.1) is 12.3 Å². The molecule has 0 unspecified atom stereocenters. The fraction of sp³-hybridized carbons (Fsp3) is 0.500. The summed E-state index contributed by atoms with van der Waals surface area (Å²) in [5.41, 5.74) is 1.06. The van der Waals surface area contributed by atoms with Crippen LogP contribution in [0.4, 0.5) is 0 Å². The van der Waals surface area contributed by atoms with Crippen LogP contribution >= 0.6 is 0 Å².